The number of carbonyl (C=O) groups excluding carboxylic acids is 1. The fourth-order valence-electron chi connectivity index (χ4n) is 3.29. The Hall–Kier alpha value is -3.98. The summed E-state index contributed by atoms with van der Waals surface area (Å²) in [5.74, 6) is -0.399. The van der Waals surface area contributed by atoms with Gasteiger partial charge in [0.2, 0.25) is 5.88 Å². The predicted molar refractivity (Wildman–Crippen MR) is 119 cm³/mol. The second-order valence-corrected chi connectivity index (χ2v) is 6.94. The maximum absolute atomic E-state index is 12.7. The number of esters is 1. The third-order valence-corrected chi connectivity index (χ3v) is 5.09. The number of nitrogens with one attached hydrogen (secondary N) is 1. The van der Waals surface area contributed by atoms with E-state index in [2.05, 4.69) is 9.98 Å². The van der Waals surface area contributed by atoms with Crippen LogP contribution in [-0.4, -0.2) is 40.6 Å². The molecule has 1 aromatic heterocycles. The molecule has 9 heteroatoms. The quantitative estimate of drug-likeness (QED) is 0.481. The standard InChI is InChI=1S/C22H17N3O5S/c1-29-13-9-7-12(8-10-13)25-20(27)16(19(26)24-22(25)31)11-15-14-5-3-4-6-17(14)23-18(15)21(28)30-2/h3-11,27H,1-2H3,(H,24,26,31). The highest BCUT2D eigenvalue weighted by Crippen LogP contribution is 2.37. The van der Waals surface area contributed by atoms with Crippen LogP contribution in [0, 0.1) is 4.77 Å². The van der Waals surface area contributed by atoms with Gasteiger partial charge in [0.05, 0.1) is 25.6 Å². The van der Waals surface area contributed by atoms with Crippen LogP contribution in [0.5, 0.6) is 11.6 Å². The number of ether oxygens (including phenoxy) is 2. The van der Waals surface area contributed by atoms with Gasteiger partial charge in [-0.15, -0.1) is 0 Å². The van der Waals surface area contributed by atoms with E-state index in [4.69, 9.17) is 21.7 Å². The third-order valence-electron chi connectivity index (χ3n) is 4.80. The Bertz CT molecular complexity index is 1370. The SMILES string of the molecule is COC(=O)C1=Nc2ccccc2C1=Cc1c(O)n(-c2ccc(OC)cc2)c(=S)[nH]c1=O. The first-order valence-electron chi connectivity index (χ1n) is 9.15. The van der Waals surface area contributed by atoms with Crippen molar-refractivity contribution in [2.45, 2.75) is 0 Å². The van der Waals surface area contributed by atoms with Crippen LogP contribution in [0.25, 0.3) is 17.3 Å². The monoisotopic (exact) mass is 435 g/mol. The highest BCUT2D eigenvalue weighted by atomic mass is 32.1. The summed E-state index contributed by atoms with van der Waals surface area (Å²) in [7, 11) is 2.79. The Morgan fingerprint density at radius 2 is 1.87 bits per heavy atom. The van der Waals surface area contributed by atoms with Crippen molar-refractivity contribution in [3.8, 4) is 17.3 Å². The number of para-hydroxylation sites is 1. The lowest BCUT2D eigenvalue weighted by atomic mass is 10.0. The van der Waals surface area contributed by atoms with E-state index in [9.17, 15) is 14.7 Å². The van der Waals surface area contributed by atoms with Crippen LogP contribution in [0.15, 0.2) is 58.3 Å². The minimum Gasteiger partial charge on any atom is -0.497 e. The summed E-state index contributed by atoms with van der Waals surface area (Å²) in [5, 5.41) is 11.0. The first kappa shape index (κ1) is 20.3. The van der Waals surface area contributed by atoms with E-state index in [1.54, 1.807) is 55.6 Å². The summed E-state index contributed by atoms with van der Waals surface area (Å²) in [6.45, 7) is 0. The van der Waals surface area contributed by atoms with Crippen LogP contribution >= 0.6 is 12.2 Å². The van der Waals surface area contributed by atoms with Gasteiger partial charge in [-0.2, -0.15) is 0 Å². The Balaban J connectivity index is 1.93. The highest BCUT2D eigenvalue weighted by molar-refractivity contribution is 7.71. The lowest BCUT2D eigenvalue weighted by Gasteiger charge is -2.12. The fraction of sp³-hybridized carbons (Fsp3) is 0.0909. The number of hydrogen-bond donors (Lipinski definition) is 2. The molecule has 0 fully saturated rings. The molecular formula is C22H17N3O5S. The number of aliphatic imine (C=N–C) groups is 1. The average molecular weight is 435 g/mol. The van der Waals surface area contributed by atoms with Crippen molar-refractivity contribution in [1.82, 2.24) is 9.55 Å². The second-order valence-electron chi connectivity index (χ2n) is 6.56. The van der Waals surface area contributed by atoms with Gasteiger partial charge < -0.3 is 14.6 Å². The van der Waals surface area contributed by atoms with Crippen molar-refractivity contribution in [2.24, 2.45) is 4.99 Å². The topological polar surface area (TPSA) is 106 Å². The number of benzene rings is 2. The summed E-state index contributed by atoms with van der Waals surface area (Å²) in [6.07, 6.45) is 1.41. The first-order chi connectivity index (χ1) is 14.9. The Labute approximate surface area is 181 Å². The number of H-pyrrole nitrogens is 1. The van der Waals surface area contributed by atoms with Gasteiger partial charge in [0.1, 0.15) is 11.3 Å². The molecule has 0 amide bonds. The molecule has 31 heavy (non-hydrogen) atoms. The predicted octanol–water partition coefficient (Wildman–Crippen LogP) is 3.41. The van der Waals surface area contributed by atoms with Crippen LogP contribution in [-0.2, 0) is 9.53 Å². The van der Waals surface area contributed by atoms with Gasteiger partial charge in [-0.05, 0) is 48.6 Å². The molecule has 0 spiro atoms. The normalized spacial score (nSPS) is 13.6. The maximum Gasteiger partial charge on any atom is 0.357 e. The van der Waals surface area contributed by atoms with Crippen LogP contribution in [0.2, 0.25) is 0 Å². The average Bonchev–Trinajstić information content (AvgIpc) is 3.15. The van der Waals surface area contributed by atoms with Crippen molar-refractivity contribution < 1.29 is 19.4 Å². The first-order valence-corrected chi connectivity index (χ1v) is 9.56. The molecule has 2 heterocycles. The summed E-state index contributed by atoms with van der Waals surface area (Å²) in [6, 6.07) is 13.9. The van der Waals surface area contributed by atoms with Crippen LogP contribution in [0.3, 0.4) is 0 Å². The number of methoxy groups -OCH3 is 2. The van der Waals surface area contributed by atoms with E-state index in [-0.39, 0.29) is 21.9 Å². The molecule has 0 radical (unpaired) electrons. The molecule has 4 rings (SSSR count). The molecule has 0 aliphatic carbocycles. The minimum absolute atomic E-state index is 0.0171. The number of carbonyl (C=O) groups is 1. The Kier molecular flexibility index (Phi) is 5.26. The number of fused-ring (bicyclic) bond motifs is 1. The van der Waals surface area contributed by atoms with Crippen LogP contribution < -0.4 is 10.3 Å². The zero-order valence-electron chi connectivity index (χ0n) is 16.6. The molecule has 0 saturated carbocycles. The lowest BCUT2D eigenvalue weighted by Crippen LogP contribution is -2.18. The van der Waals surface area contributed by atoms with Gasteiger partial charge in [-0.1, -0.05) is 18.2 Å². The molecule has 8 nitrogen and oxygen atoms in total. The third kappa shape index (κ3) is 3.55. The summed E-state index contributed by atoms with van der Waals surface area (Å²) in [5.41, 5.74) is 1.45. The molecule has 2 aromatic carbocycles. The van der Waals surface area contributed by atoms with E-state index < -0.39 is 11.5 Å². The Morgan fingerprint density at radius 1 is 1.16 bits per heavy atom. The van der Waals surface area contributed by atoms with Crippen molar-refractivity contribution in [1.29, 1.82) is 0 Å². The molecule has 0 bridgehead atoms. The molecule has 3 aromatic rings. The smallest absolute Gasteiger partial charge is 0.357 e. The molecule has 0 saturated heterocycles. The summed E-state index contributed by atoms with van der Waals surface area (Å²) >= 11 is 5.26. The van der Waals surface area contributed by atoms with Gasteiger partial charge in [-0.25, -0.2) is 9.79 Å². The fourth-order valence-corrected chi connectivity index (χ4v) is 3.57. The molecule has 1 aliphatic heterocycles. The summed E-state index contributed by atoms with van der Waals surface area (Å²) in [4.78, 5) is 31.8. The van der Waals surface area contributed by atoms with Crippen molar-refractivity contribution in [3.05, 3.63) is 74.8 Å². The number of nitrogens with zero attached hydrogens (tertiary/aromatic N) is 2. The van der Waals surface area contributed by atoms with Crippen molar-refractivity contribution in [2.75, 3.05) is 14.2 Å². The van der Waals surface area contributed by atoms with Crippen molar-refractivity contribution >= 4 is 41.2 Å². The maximum atomic E-state index is 12.7. The van der Waals surface area contributed by atoms with Gasteiger partial charge >= 0.3 is 5.97 Å². The molecule has 2 N–H and O–H groups in total. The van der Waals surface area contributed by atoms with E-state index in [1.165, 1.54) is 17.8 Å². The van der Waals surface area contributed by atoms with Crippen LogP contribution in [0.4, 0.5) is 5.69 Å². The van der Waals surface area contributed by atoms with Crippen LogP contribution in [0.1, 0.15) is 11.1 Å². The Morgan fingerprint density at radius 3 is 2.55 bits per heavy atom. The van der Waals surface area contributed by atoms with E-state index >= 15 is 0 Å². The number of aromatic hydroxyl groups is 1. The van der Waals surface area contributed by atoms with Gasteiger partial charge in [-0.3, -0.25) is 14.3 Å². The van der Waals surface area contributed by atoms with E-state index in [0.29, 0.717) is 28.3 Å². The number of aromatic amines is 1. The number of rotatable bonds is 4. The molecule has 156 valence electrons. The van der Waals surface area contributed by atoms with E-state index in [0.717, 1.165) is 0 Å². The molecule has 0 atom stereocenters. The number of aromatic nitrogens is 2. The van der Waals surface area contributed by atoms with Gasteiger partial charge in [0.25, 0.3) is 5.56 Å². The molecule has 0 unspecified atom stereocenters. The van der Waals surface area contributed by atoms with E-state index in [1.807, 2.05) is 0 Å². The summed E-state index contributed by atoms with van der Waals surface area (Å²) < 4.78 is 11.3. The van der Waals surface area contributed by atoms with Gasteiger partial charge in [0, 0.05) is 11.1 Å². The lowest BCUT2D eigenvalue weighted by molar-refractivity contribution is -0.132. The molecule has 1 aliphatic rings. The minimum atomic E-state index is -0.652. The van der Waals surface area contributed by atoms with Gasteiger partial charge in [0.15, 0.2) is 10.5 Å². The zero-order valence-corrected chi connectivity index (χ0v) is 17.4. The second kappa shape index (κ2) is 8.04. The molecular weight excluding hydrogens is 418 g/mol. The number of hydrogen-bond acceptors (Lipinski definition) is 7. The largest absolute Gasteiger partial charge is 0.497 e. The zero-order chi connectivity index (χ0) is 22.1. The van der Waals surface area contributed by atoms with Crippen molar-refractivity contribution in [3.63, 3.8) is 0 Å². The highest BCUT2D eigenvalue weighted by Gasteiger charge is 2.28.